The summed E-state index contributed by atoms with van der Waals surface area (Å²) in [5.41, 5.74) is 1.11. The highest BCUT2D eigenvalue weighted by Crippen LogP contribution is 2.28. The Hall–Kier alpha value is -1.60. The van der Waals surface area contributed by atoms with Crippen molar-refractivity contribution in [3.05, 3.63) is 29.8 Å². The maximum absolute atomic E-state index is 12.5. The highest BCUT2D eigenvalue weighted by atomic mass is 32.2. The van der Waals surface area contributed by atoms with Crippen molar-refractivity contribution in [2.24, 2.45) is 0 Å². The molecule has 0 aromatic heterocycles. The van der Waals surface area contributed by atoms with E-state index >= 15 is 0 Å². The Bertz CT molecular complexity index is 690. The van der Waals surface area contributed by atoms with Crippen LogP contribution in [0.15, 0.2) is 24.3 Å². The molecule has 1 saturated heterocycles. The maximum Gasteiger partial charge on any atom is 0.260 e. The van der Waals surface area contributed by atoms with Crippen LogP contribution >= 0.6 is 0 Å². The highest BCUT2D eigenvalue weighted by Gasteiger charge is 2.24. The Morgan fingerprint density at radius 1 is 1.20 bits per heavy atom. The largest absolute Gasteiger partial charge is 0.483 e. The van der Waals surface area contributed by atoms with Crippen LogP contribution in [-0.4, -0.2) is 62.6 Å². The fourth-order valence-electron chi connectivity index (χ4n) is 2.94. The zero-order valence-electron chi connectivity index (χ0n) is 15.3. The van der Waals surface area contributed by atoms with Crippen LogP contribution in [-0.2, 0) is 14.8 Å². The summed E-state index contributed by atoms with van der Waals surface area (Å²) in [5.74, 6) is 1.01. The molecule has 1 aromatic rings. The van der Waals surface area contributed by atoms with Crippen molar-refractivity contribution in [3.63, 3.8) is 0 Å². The number of amides is 1. The molecule has 1 amide bonds. The molecular formula is C18H28N2O4S. The van der Waals surface area contributed by atoms with Gasteiger partial charge < -0.3 is 9.64 Å². The van der Waals surface area contributed by atoms with Crippen LogP contribution < -0.4 is 4.74 Å². The van der Waals surface area contributed by atoms with Crippen LogP contribution in [0.2, 0.25) is 0 Å². The minimum Gasteiger partial charge on any atom is -0.483 e. The zero-order chi connectivity index (χ0) is 18.4. The van der Waals surface area contributed by atoms with Gasteiger partial charge in [0.1, 0.15) is 5.75 Å². The minimum atomic E-state index is -3.21. The average Bonchev–Trinajstić information content (AvgIpc) is 2.85. The van der Waals surface area contributed by atoms with E-state index in [0.717, 1.165) is 17.7 Å². The molecule has 0 N–H and O–H groups in total. The molecule has 2 rings (SSSR count). The van der Waals surface area contributed by atoms with E-state index in [2.05, 4.69) is 13.8 Å². The third-order valence-electron chi connectivity index (χ3n) is 4.69. The van der Waals surface area contributed by atoms with E-state index in [1.165, 1.54) is 10.6 Å². The van der Waals surface area contributed by atoms with Gasteiger partial charge in [-0.1, -0.05) is 32.0 Å². The molecule has 6 nitrogen and oxygen atoms in total. The molecule has 0 aliphatic carbocycles. The van der Waals surface area contributed by atoms with Crippen molar-refractivity contribution >= 4 is 15.9 Å². The zero-order valence-corrected chi connectivity index (χ0v) is 16.1. The molecule has 0 spiro atoms. The van der Waals surface area contributed by atoms with Crippen LogP contribution in [0.1, 0.15) is 38.2 Å². The summed E-state index contributed by atoms with van der Waals surface area (Å²) in [6.45, 7) is 6.00. The van der Waals surface area contributed by atoms with Crippen LogP contribution in [0.5, 0.6) is 5.75 Å². The molecule has 140 valence electrons. The molecule has 7 heteroatoms. The monoisotopic (exact) mass is 368 g/mol. The van der Waals surface area contributed by atoms with Gasteiger partial charge in [-0.25, -0.2) is 12.7 Å². The topological polar surface area (TPSA) is 66.9 Å². The van der Waals surface area contributed by atoms with Gasteiger partial charge >= 0.3 is 0 Å². The fraction of sp³-hybridized carbons (Fsp3) is 0.611. The summed E-state index contributed by atoms with van der Waals surface area (Å²) in [4.78, 5) is 14.2. The number of carbonyl (C=O) groups is 1. The van der Waals surface area contributed by atoms with Crippen LogP contribution in [0.25, 0.3) is 0 Å². The number of nitrogens with zero attached hydrogens (tertiary/aromatic N) is 2. The van der Waals surface area contributed by atoms with Crippen molar-refractivity contribution in [1.29, 1.82) is 0 Å². The number of hydrogen-bond acceptors (Lipinski definition) is 4. The molecule has 1 unspecified atom stereocenters. The van der Waals surface area contributed by atoms with Gasteiger partial charge in [0, 0.05) is 26.2 Å². The van der Waals surface area contributed by atoms with E-state index in [9.17, 15) is 13.2 Å². The average molecular weight is 368 g/mol. The third-order valence-corrected chi connectivity index (χ3v) is 5.99. The molecule has 0 saturated carbocycles. The number of sulfonamides is 1. The summed E-state index contributed by atoms with van der Waals surface area (Å²) in [5, 5.41) is 0. The quantitative estimate of drug-likeness (QED) is 0.771. The van der Waals surface area contributed by atoms with Gasteiger partial charge in [-0.2, -0.15) is 0 Å². The Morgan fingerprint density at radius 3 is 2.60 bits per heavy atom. The molecule has 1 fully saturated rings. The van der Waals surface area contributed by atoms with Crippen molar-refractivity contribution in [2.75, 3.05) is 39.0 Å². The number of benzene rings is 1. The Labute approximate surface area is 150 Å². The van der Waals surface area contributed by atoms with Crippen molar-refractivity contribution in [2.45, 2.75) is 32.6 Å². The molecule has 1 atom stereocenters. The van der Waals surface area contributed by atoms with Gasteiger partial charge in [0.15, 0.2) is 6.61 Å². The lowest BCUT2D eigenvalue weighted by Gasteiger charge is -2.22. The smallest absolute Gasteiger partial charge is 0.260 e. The van der Waals surface area contributed by atoms with Crippen LogP contribution in [0.4, 0.5) is 0 Å². The second-order valence-electron chi connectivity index (χ2n) is 6.53. The van der Waals surface area contributed by atoms with Crippen molar-refractivity contribution < 1.29 is 17.9 Å². The number of carbonyl (C=O) groups excluding carboxylic acids is 1. The van der Waals surface area contributed by atoms with Gasteiger partial charge in [-0.05, 0) is 30.4 Å². The normalized spacial score (nSPS) is 17.8. The Kier molecular flexibility index (Phi) is 6.84. The molecule has 1 heterocycles. The van der Waals surface area contributed by atoms with E-state index in [1.807, 2.05) is 24.3 Å². The van der Waals surface area contributed by atoms with Gasteiger partial charge in [-0.3, -0.25) is 4.79 Å². The standard InChI is InChI=1S/C18H28N2O4S/c1-4-15(2)16-8-5-6-9-17(16)24-14-18(21)19-10-7-11-20(13-12-19)25(3,22)23/h5-6,8-9,15H,4,7,10-14H2,1-3H3. The first kappa shape index (κ1) is 19.7. The van der Waals surface area contributed by atoms with Crippen LogP contribution in [0, 0.1) is 0 Å². The van der Waals surface area contributed by atoms with Crippen molar-refractivity contribution in [1.82, 2.24) is 9.21 Å². The number of hydrogen-bond donors (Lipinski definition) is 0. The second kappa shape index (κ2) is 8.67. The summed E-state index contributed by atoms with van der Waals surface area (Å²) in [7, 11) is -3.21. The lowest BCUT2D eigenvalue weighted by molar-refractivity contribution is -0.133. The molecular weight excluding hydrogens is 340 g/mol. The molecule has 1 aromatic carbocycles. The molecule has 1 aliphatic rings. The Morgan fingerprint density at radius 2 is 1.92 bits per heavy atom. The maximum atomic E-state index is 12.5. The predicted molar refractivity (Wildman–Crippen MR) is 98.3 cm³/mol. The predicted octanol–water partition coefficient (Wildman–Crippen LogP) is 2.07. The van der Waals surface area contributed by atoms with Gasteiger partial charge in [0.25, 0.3) is 5.91 Å². The first-order chi connectivity index (χ1) is 11.8. The first-order valence-electron chi connectivity index (χ1n) is 8.77. The molecule has 0 radical (unpaired) electrons. The first-order valence-corrected chi connectivity index (χ1v) is 10.6. The molecule has 25 heavy (non-hydrogen) atoms. The third kappa shape index (κ3) is 5.44. The summed E-state index contributed by atoms with van der Waals surface area (Å²) in [6.07, 6.45) is 2.85. The van der Waals surface area contributed by atoms with Gasteiger partial charge in [0.2, 0.25) is 10.0 Å². The van der Waals surface area contributed by atoms with Crippen LogP contribution in [0.3, 0.4) is 0 Å². The lowest BCUT2D eigenvalue weighted by atomic mass is 9.98. The van der Waals surface area contributed by atoms with Gasteiger partial charge in [-0.15, -0.1) is 0 Å². The summed E-state index contributed by atoms with van der Waals surface area (Å²) >= 11 is 0. The number of ether oxygens (including phenoxy) is 1. The van der Waals surface area contributed by atoms with E-state index in [4.69, 9.17) is 4.74 Å². The van der Waals surface area contributed by atoms with Gasteiger partial charge in [0.05, 0.1) is 6.26 Å². The SMILES string of the molecule is CCC(C)c1ccccc1OCC(=O)N1CCCN(S(C)(=O)=O)CC1. The number of para-hydroxylation sites is 1. The fourth-order valence-corrected chi connectivity index (χ4v) is 3.82. The van der Waals surface area contributed by atoms with E-state index < -0.39 is 10.0 Å². The number of rotatable bonds is 6. The summed E-state index contributed by atoms with van der Waals surface area (Å²) in [6, 6.07) is 7.80. The van der Waals surface area contributed by atoms with Crippen molar-refractivity contribution in [3.8, 4) is 5.75 Å². The second-order valence-corrected chi connectivity index (χ2v) is 8.51. The highest BCUT2D eigenvalue weighted by molar-refractivity contribution is 7.88. The lowest BCUT2D eigenvalue weighted by Crippen LogP contribution is -2.39. The molecule has 0 bridgehead atoms. The summed E-state index contributed by atoms with van der Waals surface area (Å²) < 4.78 is 30.5. The molecule has 1 aliphatic heterocycles. The Balaban J connectivity index is 1.95. The van der Waals surface area contributed by atoms with E-state index in [1.54, 1.807) is 4.90 Å². The minimum absolute atomic E-state index is 0.0215. The van der Waals surface area contributed by atoms with E-state index in [-0.39, 0.29) is 12.5 Å². The van der Waals surface area contributed by atoms with E-state index in [0.29, 0.717) is 38.5 Å².